The van der Waals surface area contributed by atoms with E-state index in [0.29, 0.717) is 37.1 Å². The van der Waals surface area contributed by atoms with Crippen LogP contribution >= 0.6 is 11.6 Å². The van der Waals surface area contributed by atoms with Gasteiger partial charge in [0, 0.05) is 30.7 Å². The smallest absolute Gasteiger partial charge is 0.410 e. The number of benzene rings is 1. The second-order valence-corrected chi connectivity index (χ2v) is 8.60. The van der Waals surface area contributed by atoms with Gasteiger partial charge in [0.05, 0.1) is 6.54 Å². The van der Waals surface area contributed by atoms with Crippen LogP contribution in [0, 0.1) is 0 Å². The van der Waals surface area contributed by atoms with Crippen molar-refractivity contribution in [2.75, 3.05) is 24.5 Å². The van der Waals surface area contributed by atoms with Crippen molar-refractivity contribution >= 4 is 23.6 Å². The predicted molar refractivity (Wildman–Crippen MR) is 111 cm³/mol. The molecule has 0 N–H and O–H groups in total. The summed E-state index contributed by atoms with van der Waals surface area (Å²) in [7, 11) is 0. The predicted octanol–water partition coefficient (Wildman–Crippen LogP) is 2.79. The number of carbonyl (C=O) groups is 1. The highest BCUT2D eigenvalue weighted by Gasteiger charge is 2.31. The lowest BCUT2D eigenvalue weighted by molar-refractivity contribution is 0.0218. The highest BCUT2D eigenvalue weighted by molar-refractivity contribution is 6.30. The quantitative estimate of drug-likeness (QED) is 0.761. The molecule has 1 aromatic heterocycles. The highest BCUT2D eigenvalue weighted by atomic mass is 35.5. The Labute approximate surface area is 175 Å². The lowest BCUT2D eigenvalue weighted by Gasteiger charge is -2.40. The van der Waals surface area contributed by atoms with Crippen LogP contribution in [0.5, 0.6) is 0 Å². The molecule has 1 saturated heterocycles. The van der Waals surface area contributed by atoms with Crippen LogP contribution in [-0.4, -0.2) is 56.8 Å². The summed E-state index contributed by atoms with van der Waals surface area (Å²) in [6, 6.07) is 7.25. The maximum Gasteiger partial charge on any atom is 0.410 e. The van der Waals surface area contributed by atoms with Gasteiger partial charge in [0.1, 0.15) is 11.9 Å². The van der Waals surface area contributed by atoms with E-state index in [1.54, 1.807) is 17.0 Å². The molecule has 0 bridgehead atoms. The van der Waals surface area contributed by atoms with Gasteiger partial charge in [-0.1, -0.05) is 23.7 Å². The van der Waals surface area contributed by atoms with Gasteiger partial charge in [0.25, 0.3) is 0 Å². The molecule has 1 fully saturated rings. The molecule has 3 rings (SSSR count). The Bertz CT molecular complexity index is 923. The second-order valence-electron chi connectivity index (χ2n) is 8.16. The van der Waals surface area contributed by atoms with Gasteiger partial charge >= 0.3 is 11.8 Å². The zero-order valence-electron chi connectivity index (χ0n) is 17.1. The van der Waals surface area contributed by atoms with E-state index >= 15 is 0 Å². The normalized spacial score (nSPS) is 17.3. The minimum absolute atomic E-state index is 0.0391. The molecule has 1 unspecified atom stereocenters. The van der Waals surface area contributed by atoms with Crippen molar-refractivity contribution < 1.29 is 9.53 Å². The standard InChI is InChI=1S/C20H26ClN5O3/c1-14-11-24(19(28)29-20(2,3)4)9-10-26(14)17-22-13-25(18(27)23-17)12-15-5-7-16(21)8-6-15/h5-8,13-14H,9-12H2,1-4H3. The highest BCUT2D eigenvalue weighted by Crippen LogP contribution is 2.18. The number of carbonyl (C=O) groups excluding carboxylic acids is 1. The monoisotopic (exact) mass is 419 g/mol. The number of hydrogen-bond acceptors (Lipinski definition) is 6. The third-order valence-electron chi connectivity index (χ3n) is 4.56. The van der Waals surface area contributed by atoms with Gasteiger partial charge in [-0.2, -0.15) is 4.98 Å². The molecule has 8 nitrogen and oxygen atoms in total. The molecule has 1 amide bonds. The van der Waals surface area contributed by atoms with Crippen molar-refractivity contribution in [1.29, 1.82) is 0 Å². The van der Waals surface area contributed by atoms with Crippen LogP contribution in [0.15, 0.2) is 35.4 Å². The van der Waals surface area contributed by atoms with Crippen molar-refractivity contribution in [2.45, 2.75) is 45.9 Å². The Morgan fingerprint density at radius 3 is 2.52 bits per heavy atom. The summed E-state index contributed by atoms with van der Waals surface area (Å²) < 4.78 is 6.89. The van der Waals surface area contributed by atoms with Crippen LogP contribution in [0.2, 0.25) is 5.02 Å². The molecule has 1 aliphatic rings. The number of hydrogen-bond donors (Lipinski definition) is 0. The Hall–Kier alpha value is -2.61. The first-order chi connectivity index (χ1) is 13.6. The Balaban J connectivity index is 1.67. The van der Waals surface area contributed by atoms with Crippen molar-refractivity contribution in [3.05, 3.63) is 51.7 Å². The molecule has 1 aliphatic heterocycles. The molecule has 1 atom stereocenters. The van der Waals surface area contributed by atoms with Gasteiger partial charge in [0.15, 0.2) is 0 Å². The first-order valence-corrected chi connectivity index (χ1v) is 9.93. The molecule has 0 saturated carbocycles. The zero-order valence-corrected chi connectivity index (χ0v) is 17.9. The Kier molecular flexibility index (Phi) is 6.12. The number of aromatic nitrogens is 3. The zero-order chi connectivity index (χ0) is 21.2. The van der Waals surface area contributed by atoms with Gasteiger partial charge in [-0.25, -0.2) is 14.6 Å². The van der Waals surface area contributed by atoms with E-state index in [1.807, 2.05) is 44.7 Å². The van der Waals surface area contributed by atoms with Gasteiger partial charge < -0.3 is 14.5 Å². The van der Waals surface area contributed by atoms with Crippen LogP contribution in [-0.2, 0) is 11.3 Å². The number of nitrogens with zero attached hydrogens (tertiary/aromatic N) is 5. The molecule has 156 valence electrons. The van der Waals surface area contributed by atoms with Crippen molar-refractivity contribution in [3.8, 4) is 0 Å². The average molecular weight is 420 g/mol. The molecule has 0 spiro atoms. The summed E-state index contributed by atoms with van der Waals surface area (Å²) in [4.78, 5) is 36.9. The third-order valence-corrected chi connectivity index (χ3v) is 4.81. The Morgan fingerprint density at radius 2 is 1.93 bits per heavy atom. The maximum atomic E-state index is 12.5. The molecular weight excluding hydrogens is 394 g/mol. The topological polar surface area (TPSA) is 80.6 Å². The number of anilines is 1. The SMILES string of the molecule is CC1CN(C(=O)OC(C)(C)C)CCN1c1ncn(Cc2ccc(Cl)cc2)c(=O)n1. The van der Waals surface area contributed by atoms with E-state index in [1.165, 1.54) is 10.9 Å². The summed E-state index contributed by atoms with van der Waals surface area (Å²) >= 11 is 5.90. The van der Waals surface area contributed by atoms with E-state index in [-0.39, 0.29) is 17.8 Å². The van der Waals surface area contributed by atoms with Crippen molar-refractivity contribution in [2.24, 2.45) is 0 Å². The fourth-order valence-corrected chi connectivity index (χ4v) is 3.26. The van der Waals surface area contributed by atoms with Crippen LogP contribution in [0.1, 0.15) is 33.3 Å². The van der Waals surface area contributed by atoms with Gasteiger partial charge in [-0.15, -0.1) is 0 Å². The minimum Gasteiger partial charge on any atom is -0.444 e. The van der Waals surface area contributed by atoms with Crippen LogP contribution in [0.3, 0.4) is 0 Å². The second kappa shape index (κ2) is 8.41. The molecule has 2 heterocycles. The summed E-state index contributed by atoms with van der Waals surface area (Å²) in [5.41, 5.74) is 0.0359. The van der Waals surface area contributed by atoms with Crippen LogP contribution in [0.4, 0.5) is 10.7 Å². The summed E-state index contributed by atoms with van der Waals surface area (Å²) in [6.45, 7) is 9.37. The third kappa shape index (κ3) is 5.47. The number of amides is 1. The van der Waals surface area contributed by atoms with Crippen molar-refractivity contribution in [1.82, 2.24) is 19.4 Å². The number of halogens is 1. The lowest BCUT2D eigenvalue weighted by atomic mass is 10.2. The summed E-state index contributed by atoms with van der Waals surface area (Å²) in [5, 5.41) is 0.646. The molecule has 9 heteroatoms. The molecule has 1 aromatic carbocycles. The average Bonchev–Trinajstić information content (AvgIpc) is 2.64. The van der Waals surface area contributed by atoms with E-state index in [2.05, 4.69) is 9.97 Å². The van der Waals surface area contributed by atoms with Crippen molar-refractivity contribution in [3.63, 3.8) is 0 Å². The molecular formula is C20H26ClN5O3. The van der Waals surface area contributed by atoms with Gasteiger partial charge in [-0.3, -0.25) is 4.57 Å². The fourth-order valence-electron chi connectivity index (χ4n) is 3.13. The van der Waals surface area contributed by atoms with Gasteiger partial charge in [0.2, 0.25) is 5.95 Å². The number of rotatable bonds is 3. The molecule has 2 aromatic rings. The first kappa shape index (κ1) is 21.1. The van der Waals surface area contributed by atoms with Crippen LogP contribution < -0.4 is 10.6 Å². The van der Waals surface area contributed by atoms with Crippen LogP contribution in [0.25, 0.3) is 0 Å². The molecule has 0 aliphatic carbocycles. The van der Waals surface area contributed by atoms with Gasteiger partial charge in [-0.05, 0) is 45.4 Å². The number of piperazine rings is 1. The van der Waals surface area contributed by atoms with E-state index in [9.17, 15) is 9.59 Å². The number of ether oxygens (including phenoxy) is 1. The van der Waals surface area contributed by atoms with E-state index in [0.717, 1.165) is 5.56 Å². The summed E-state index contributed by atoms with van der Waals surface area (Å²) in [5.74, 6) is 0.374. The van der Waals surface area contributed by atoms with E-state index in [4.69, 9.17) is 16.3 Å². The maximum absolute atomic E-state index is 12.5. The Morgan fingerprint density at radius 1 is 1.24 bits per heavy atom. The molecule has 0 radical (unpaired) electrons. The van der Waals surface area contributed by atoms with E-state index < -0.39 is 5.60 Å². The largest absolute Gasteiger partial charge is 0.444 e. The lowest BCUT2D eigenvalue weighted by Crippen LogP contribution is -2.55. The first-order valence-electron chi connectivity index (χ1n) is 9.55. The fraction of sp³-hybridized carbons (Fsp3) is 0.500. The minimum atomic E-state index is -0.533. The summed E-state index contributed by atoms with van der Waals surface area (Å²) in [6.07, 6.45) is 1.18. The molecule has 29 heavy (non-hydrogen) atoms.